The molecule has 2 heterocycles. The Morgan fingerprint density at radius 3 is 2.50 bits per heavy atom. The van der Waals surface area contributed by atoms with Gasteiger partial charge in [0.1, 0.15) is 18.9 Å². The Hall–Kier alpha value is -5.05. The van der Waals surface area contributed by atoms with Crippen LogP contribution in [0.5, 0.6) is 11.5 Å². The van der Waals surface area contributed by atoms with Crippen molar-refractivity contribution >= 4 is 34.1 Å². The molecular weight excluding hydrogens is 641 g/mol. The van der Waals surface area contributed by atoms with E-state index in [1.807, 2.05) is 25.1 Å². The number of rotatable bonds is 10. The van der Waals surface area contributed by atoms with Crippen LogP contribution in [0.25, 0.3) is 10.9 Å². The topological polar surface area (TPSA) is 106 Å². The molecule has 4 aromatic rings. The number of hydrogen-bond acceptors (Lipinski definition) is 7. The zero-order chi connectivity index (χ0) is 34.6. The Morgan fingerprint density at radius 2 is 1.81 bits per heavy atom. The van der Waals surface area contributed by atoms with Crippen LogP contribution in [0.15, 0.2) is 71.8 Å². The number of carbonyl (C=O) groups excluding carboxylic acids is 2. The molecule has 5 rings (SSSR count). The number of anilines is 2. The van der Waals surface area contributed by atoms with E-state index in [2.05, 4.69) is 10.3 Å². The van der Waals surface area contributed by atoms with Crippen molar-refractivity contribution in [2.45, 2.75) is 38.1 Å². The summed E-state index contributed by atoms with van der Waals surface area (Å²) in [6, 6.07) is 14.1. The second-order valence-corrected chi connectivity index (χ2v) is 11.5. The number of alkyl halides is 5. The number of hydrogen-bond donors (Lipinski definition) is 1. The summed E-state index contributed by atoms with van der Waals surface area (Å²) in [5, 5.41) is 2.71. The Bertz CT molecular complexity index is 1860. The fraction of sp³-hybridized carbons (Fsp3) is 0.333. The van der Waals surface area contributed by atoms with Crippen LogP contribution >= 0.6 is 0 Å². The summed E-state index contributed by atoms with van der Waals surface area (Å²) in [4.78, 5) is 46.3. The molecular formula is C33H32F5N5O5. The molecule has 254 valence electrons. The van der Waals surface area contributed by atoms with Crippen molar-refractivity contribution in [3.05, 3.63) is 88.5 Å². The number of fused-ring (bicyclic) bond motifs is 1. The number of aromatic nitrogens is 2. The molecule has 0 saturated carbocycles. The van der Waals surface area contributed by atoms with E-state index in [-0.39, 0.29) is 48.3 Å². The highest BCUT2D eigenvalue weighted by Crippen LogP contribution is 2.34. The molecule has 0 radical (unpaired) electrons. The maximum Gasteiger partial charge on any atom is 0.416 e. The van der Waals surface area contributed by atoms with Crippen LogP contribution in [0, 0.1) is 0 Å². The van der Waals surface area contributed by atoms with Gasteiger partial charge in [0.15, 0.2) is 5.75 Å². The summed E-state index contributed by atoms with van der Waals surface area (Å²) in [5.74, 6) is -3.82. The Balaban J connectivity index is 1.37. The number of nitrogens with zero attached hydrogens (tertiary/aromatic N) is 4. The largest absolute Gasteiger partial charge is 0.455 e. The minimum absolute atomic E-state index is 0.0459. The molecule has 1 fully saturated rings. The van der Waals surface area contributed by atoms with E-state index < -0.39 is 54.7 Å². The van der Waals surface area contributed by atoms with E-state index in [9.17, 15) is 36.3 Å². The van der Waals surface area contributed by atoms with Gasteiger partial charge < -0.3 is 24.6 Å². The van der Waals surface area contributed by atoms with Crippen LogP contribution < -0.4 is 20.5 Å². The molecule has 1 aliphatic heterocycles. The molecule has 1 N–H and O–H groups in total. The molecule has 0 aliphatic carbocycles. The number of halogens is 5. The van der Waals surface area contributed by atoms with Crippen LogP contribution in [0.1, 0.15) is 24.0 Å². The summed E-state index contributed by atoms with van der Waals surface area (Å²) in [5.41, 5.74) is 0.102. The number of ether oxygens (including phenoxy) is 2. The minimum atomic E-state index is -4.47. The number of likely N-dealkylation sites (tertiary alicyclic amines) is 1. The summed E-state index contributed by atoms with van der Waals surface area (Å²) >= 11 is 0. The molecule has 0 spiro atoms. The lowest BCUT2D eigenvalue weighted by atomic mass is 10.1. The summed E-state index contributed by atoms with van der Waals surface area (Å²) < 4.78 is 78.8. The molecule has 1 saturated heterocycles. The first-order valence-electron chi connectivity index (χ1n) is 14.9. The third kappa shape index (κ3) is 8.45. The van der Waals surface area contributed by atoms with Gasteiger partial charge in [-0.25, -0.2) is 13.8 Å². The highest BCUT2D eigenvalue weighted by Gasteiger charge is 2.37. The zero-order valence-corrected chi connectivity index (χ0v) is 26.0. The van der Waals surface area contributed by atoms with Gasteiger partial charge in [0.25, 0.3) is 11.5 Å². The van der Waals surface area contributed by atoms with E-state index >= 15 is 0 Å². The van der Waals surface area contributed by atoms with Crippen LogP contribution in [-0.4, -0.2) is 66.0 Å². The molecule has 1 aromatic heterocycles. The third-order valence-corrected chi connectivity index (χ3v) is 7.60. The average molecular weight is 674 g/mol. The Labute approximate surface area is 271 Å². The van der Waals surface area contributed by atoms with Crippen molar-refractivity contribution in [2.24, 2.45) is 0 Å². The van der Waals surface area contributed by atoms with Crippen molar-refractivity contribution in [3.8, 4) is 11.5 Å². The van der Waals surface area contributed by atoms with Crippen LogP contribution in [0.2, 0.25) is 0 Å². The molecule has 15 heteroatoms. The monoisotopic (exact) mass is 673 g/mol. The van der Waals surface area contributed by atoms with E-state index in [0.717, 1.165) is 33.6 Å². The summed E-state index contributed by atoms with van der Waals surface area (Å²) in [7, 11) is 3.68. The Kier molecular flexibility index (Phi) is 9.98. The number of nitrogens with one attached hydrogen (secondary N) is 1. The van der Waals surface area contributed by atoms with Gasteiger partial charge in [-0.15, -0.1) is 0 Å². The molecule has 1 aliphatic rings. The SMILES string of the molecule is CN(C)c1cccc(Oc2cc3c(=O)n(CC(=O)N4CCCC(F)(F)C4)cnc3cc2NC(=O)COCc2ccc(C(F)(F)F)cc2)c1. The van der Waals surface area contributed by atoms with Crippen molar-refractivity contribution in [1.82, 2.24) is 14.5 Å². The van der Waals surface area contributed by atoms with Crippen molar-refractivity contribution in [1.29, 1.82) is 0 Å². The number of piperidine rings is 1. The molecule has 10 nitrogen and oxygen atoms in total. The highest BCUT2D eigenvalue weighted by atomic mass is 19.4. The van der Waals surface area contributed by atoms with Crippen LogP contribution in [0.4, 0.5) is 33.3 Å². The van der Waals surface area contributed by atoms with Gasteiger partial charge in [-0.1, -0.05) is 18.2 Å². The zero-order valence-electron chi connectivity index (χ0n) is 26.0. The van der Waals surface area contributed by atoms with E-state index in [1.54, 1.807) is 18.2 Å². The van der Waals surface area contributed by atoms with Gasteiger partial charge in [-0.3, -0.25) is 19.0 Å². The molecule has 0 atom stereocenters. The predicted octanol–water partition coefficient (Wildman–Crippen LogP) is 5.69. The summed E-state index contributed by atoms with van der Waals surface area (Å²) in [6.07, 6.45) is -3.50. The summed E-state index contributed by atoms with van der Waals surface area (Å²) in [6.45, 7) is -1.64. The second kappa shape index (κ2) is 14.0. The maximum absolute atomic E-state index is 13.9. The smallest absolute Gasteiger partial charge is 0.416 e. The van der Waals surface area contributed by atoms with Gasteiger partial charge in [0.2, 0.25) is 11.8 Å². The maximum atomic E-state index is 13.9. The van der Waals surface area contributed by atoms with E-state index in [1.165, 1.54) is 24.3 Å². The van der Waals surface area contributed by atoms with Gasteiger partial charge >= 0.3 is 6.18 Å². The van der Waals surface area contributed by atoms with Gasteiger partial charge in [0.05, 0.1) is 41.6 Å². The van der Waals surface area contributed by atoms with Crippen molar-refractivity contribution < 1.29 is 41.0 Å². The quantitative estimate of drug-likeness (QED) is 0.216. The molecule has 0 unspecified atom stereocenters. The highest BCUT2D eigenvalue weighted by molar-refractivity contribution is 5.96. The minimum Gasteiger partial charge on any atom is -0.455 e. The van der Waals surface area contributed by atoms with Gasteiger partial charge in [0, 0.05) is 38.8 Å². The van der Waals surface area contributed by atoms with Crippen LogP contribution in [0.3, 0.4) is 0 Å². The molecule has 48 heavy (non-hydrogen) atoms. The first kappa shape index (κ1) is 34.3. The number of benzene rings is 3. The van der Waals surface area contributed by atoms with Crippen molar-refractivity contribution in [2.75, 3.05) is 44.0 Å². The fourth-order valence-corrected chi connectivity index (χ4v) is 5.09. The van der Waals surface area contributed by atoms with Gasteiger partial charge in [-0.2, -0.15) is 13.2 Å². The lowest BCUT2D eigenvalue weighted by molar-refractivity contribution is -0.142. The van der Waals surface area contributed by atoms with Crippen LogP contribution in [-0.2, 0) is 33.7 Å². The van der Waals surface area contributed by atoms with E-state index in [4.69, 9.17) is 9.47 Å². The standard InChI is InChI=1S/C33H32F5N5O5/c1-41(2)23-5-3-6-24(13-23)48-28-14-25-26(39-20-43(31(25)46)16-30(45)42-12-4-11-32(34,35)19-42)15-27(28)40-29(44)18-47-17-21-7-9-22(10-8-21)33(36,37)38/h3,5-10,13-15,20H,4,11-12,16-19H2,1-2H3,(H,40,44). The van der Waals surface area contributed by atoms with E-state index in [0.29, 0.717) is 11.3 Å². The molecule has 2 amide bonds. The number of amides is 2. The number of carbonyl (C=O) groups is 2. The Morgan fingerprint density at radius 1 is 1.06 bits per heavy atom. The lowest BCUT2D eigenvalue weighted by Gasteiger charge is -2.32. The third-order valence-electron chi connectivity index (χ3n) is 7.60. The normalized spacial score (nSPS) is 14.5. The molecule has 0 bridgehead atoms. The first-order valence-corrected chi connectivity index (χ1v) is 14.9. The van der Waals surface area contributed by atoms with Crippen molar-refractivity contribution in [3.63, 3.8) is 0 Å². The van der Waals surface area contributed by atoms with Gasteiger partial charge in [-0.05, 0) is 48.4 Å². The molecule has 3 aromatic carbocycles. The fourth-order valence-electron chi connectivity index (χ4n) is 5.09. The lowest BCUT2D eigenvalue weighted by Crippen LogP contribution is -2.47. The first-order chi connectivity index (χ1) is 22.7. The second-order valence-electron chi connectivity index (χ2n) is 11.5. The predicted molar refractivity (Wildman–Crippen MR) is 167 cm³/mol. The average Bonchev–Trinajstić information content (AvgIpc) is 3.02.